The maximum atomic E-state index is 10.5. The summed E-state index contributed by atoms with van der Waals surface area (Å²) in [5.41, 5.74) is -0.188. The molecule has 0 saturated carbocycles. The van der Waals surface area contributed by atoms with E-state index in [-0.39, 0.29) is 23.2 Å². The summed E-state index contributed by atoms with van der Waals surface area (Å²) in [7, 11) is 0. The van der Waals surface area contributed by atoms with Crippen LogP contribution in [-0.4, -0.2) is 28.6 Å². The summed E-state index contributed by atoms with van der Waals surface area (Å²) in [5, 5.41) is 19.6. The zero-order valence-corrected chi connectivity index (χ0v) is 9.61. The fraction of sp³-hybridized carbons (Fsp3) is 0.333. The van der Waals surface area contributed by atoms with Crippen molar-refractivity contribution in [3.05, 3.63) is 33.3 Å². The van der Waals surface area contributed by atoms with E-state index in [2.05, 4.69) is 0 Å². The summed E-state index contributed by atoms with van der Waals surface area (Å²) in [6, 6.07) is 3.97. The van der Waals surface area contributed by atoms with Gasteiger partial charge in [0.2, 0.25) is 0 Å². The Morgan fingerprint density at radius 3 is 2.75 bits per heavy atom. The van der Waals surface area contributed by atoms with Crippen molar-refractivity contribution in [2.45, 2.75) is 6.10 Å². The van der Waals surface area contributed by atoms with Crippen molar-refractivity contribution in [2.75, 3.05) is 12.5 Å². The molecule has 1 aromatic carbocycles. The third kappa shape index (κ3) is 3.52. The first-order valence-electron chi connectivity index (χ1n) is 4.35. The highest BCUT2D eigenvalue weighted by molar-refractivity contribution is 6.32. The number of hydrogen-bond donors (Lipinski definition) is 1. The summed E-state index contributed by atoms with van der Waals surface area (Å²) in [5.74, 6) is 0.403. The van der Waals surface area contributed by atoms with Crippen LogP contribution in [0.2, 0.25) is 5.02 Å². The Labute approximate surface area is 102 Å². The number of nitro benzene ring substituents is 1. The van der Waals surface area contributed by atoms with Gasteiger partial charge < -0.3 is 9.84 Å². The maximum absolute atomic E-state index is 10.5. The van der Waals surface area contributed by atoms with E-state index in [1.54, 1.807) is 0 Å². The van der Waals surface area contributed by atoms with Gasteiger partial charge in [-0.25, -0.2) is 0 Å². The monoisotopic (exact) mass is 265 g/mol. The Hall–Kier alpha value is -1.04. The molecule has 1 atom stereocenters. The molecule has 0 radical (unpaired) electrons. The highest BCUT2D eigenvalue weighted by atomic mass is 35.5. The van der Waals surface area contributed by atoms with Gasteiger partial charge in [-0.05, 0) is 6.07 Å². The highest BCUT2D eigenvalue weighted by Crippen LogP contribution is 2.28. The molecule has 0 aliphatic carbocycles. The molecular weight excluding hydrogens is 257 g/mol. The van der Waals surface area contributed by atoms with E-state index in [1.807, 2.05) is 0 Å². The van der Waals surface area contributed by atoms with E-state index in [0.717, 1.165) is 0 Å². The number of aliphatic hydroxyl groups excluding tert-OH is 1. The second-order valence-electron chi connectivity index (χ2n) is 2.99. The van der Waals surface area contributed by atoms with Gasteiger partial charge in [0.1, 0.15) is 23.5 Å². The average Bonchev–Trinajstić information content (AvgIpc) is 2.25. The van der Waals surface area contributed by atoms with Gasteiger partial charge in [-0.2, -0.15) is 0 Å². The third-order valence-corrected chi connectivity index (χ3v) is 2.40. The Balaban J connectivity index is 2.70. The normalized spacial score (nSPS) is 12.2. The first kappa shape index (κ1) is 13.0. The number of nitro groups is 1. The molecule has 1 aromatic rings. The molecule has 0 heterocycles. The Bertz CT molecular complexity index is 386. The SMILES string of the molecule is O=[N+]([O-])c1ccc(OCC(O)CCl)cc1Cl. The lowest BCUT2D eigenvalue weighted by Gasteiger charge is -2.09. The molecule has 0 saturated heterocycles. The summed E-state index contributed by atoms with van der Waals surface area (Å²) in [4.78, 5) is 9.88. The van der Waals surface area contributed by atoms with Gasteiger partial charge in [-0.3, -0.25) is 10.1 Å². The lowest BCUT2D eigenvalue weighted by molar-refractivity contribution is -0.384. The first-order valence-corrected chi connectivity index (χ1v) is 5.26. The van der Waals surface area contributed by atoms with Crippen molar-refractivity contribution in [1.82, 2.24) is 0 Å². The summed E-state index contributed by atoms with van der Waals surface area (Å²) >= 11 is 11.0. The Morgan fingerprint density at radius 2 is 2.25 bits per heavy atom. The molecule has 0 aromatic heterocycles. The molecule has 0 amide bonds. The molecule has 0 bridgehead atoms. The fourth-order valence-electron chi connectivity index (χ4n) is 0.962. The molecule has 0 aliphatic rings. The maximum Gasteiger partial charge on any atom is 0.288 e. The number of nitrogens with zero attached hydrogens (tertiary/aromatic N) is 1. The van der Waals surface area contributed by atoms with Crippen LogP contribution in [0.5, 0.6) is 5.75 Å². The lowest BCUT2D eigenvalue weighted by atomic mass is 10.3. The molecule has 1 unspecified atom stereocenters. The Kier molecular flexibility index (Phi) is 4.79. The predicted octanol–water partition coefficient (Wildman–Crippen LogP) is 2.23. The summed E-state index contributed by atoms with van der Waals surface area (Å²) in [6.45, 7) is 0.0115. The van der Waals surface area contributed by atoms with Crippen LogP contribution in [0.25, 0.3) is 0 Å². The van der Waals surface area contributed by atoms with Gasteiger partial charge in [0, 0.05) is 12.1 Å². The molecule has 0 fully saturated rings. The quantitative estimate of drug-likeness (QED) is 0.504. The van der Waals surface area contributed by atoms with Crippen LogP contribution in [0.4, 0.5) is 5.69 Å². The second kappa shape index (κ2) is 5.89. The number of aliphatic hydroxyl groups is 1. The van der Waals surface area contributed by atoms with Crippen molar-refractivity contribution >= 4 is 28.9 Å². The van der Waals surface area contributed by atoms with Crippen molar-refractivity contribution < 1.29 is 14.8 Å². The molecule has 1 rings (SSSR count). The van der Waals surface area contributed by atoms with Crippen LogP contribution >= 0.6 is 23.2 Å². The van der Waals surface area contributed by atoms with Gasteiger partial charge in [-0.1, -0.05) is 11.6 Å². The zero-order chi connectivity index (χ0) is 12.1. The number of benzene rings is 1. The van der Waals surface area contributed by atoms with Crippen molar-refractivity contribution in [3.63, 3.8) is 0 Å². The molecule has 7 heteroatoms. The molecular formula is C9H9Cl2NO4. The number of ether oxygens (including phenoxy) is 1. The largest absolute Gasteiger partial charge is 0.491 e. The van der Waals surface area contributed by atoms with E-state index in [9.17, 15) is 10.1 Å². The number of halogens is 2. The van der Waals surface area contributed by atoms with Gasteiger partial charge in [0.05, 0.1) is 10.8 Å². The number of hydrogen-bond acceptors (Lipinski definition) is 4. The van der Waals surface area contributed by atoms with E-state index in [4.69, 9.17) is 33.0 Å². The zero-order valence-electron chi connectivity index (χ0n) is 8.10. The van der Waals surface area contributed by atoms with Gasteiger partial charge >= 0.3 is 0 Å². The molecule has 88 valence electrons. The molecule has 0 spiro atoms. The van der Waals surface area contributed by atoms with Crippen LogP contribution in [0.1, 0.15) is 0 Å². The minimum Gasteiger partial charge on any atom is -0.491 e. The second-order valence-corrected chi connectivity index (χ2v) is 3.71. The van der Waals surface area contributed by atoms with E-state index in [1.165, 1.54) is 18.2 Å². The van der Waals surface area contributed by atoms with Crippen LogP contribution < -0.4 is 4.74 Å². The van der Waals surface area contributed by atoms with E-state index in [0.29, 0.717) is 5.75 Å². The van der Waals surface area contributed by atoms with Gasteiger partial charge in [0.25, 0.3) is 5.69 Å². The van der Waals surface area contributed by atoms with Crippen molar-refractivity contribution in [3.8, 4) is 5.75 Å². The first-order chi connectivity index (χ1) is 7.54. The molecule has 1 N–H and O–H groups in total. The van der Waals surface area contributed by atoms with Gasteiger partial charge in [-0.15, -0.1) is 11.6 Å². The molecule has 0 aliphatic heterocycles. The van der Waals surface area contributed by atoms with Crippen LogP contribution in [0.15, 0.2) is 18.2 Å². The topological polar surface area (TPSA) is 72.6 Å². The summed E-state index contributed by atoms with van der Waals surface area (Å²) in [6.07, 6.45) is -0.782. The standard InChI is InChI=1S/C9H9Cl2NO4/c10-4-6(13)5-16-7-1-2-9(12(14)15)8(11)3-7/h1-3,6,13H,4-5H2. The number of rotatable bonds is 5. The van der Waals surface area contributed by atoms with Crippen LogP contribution in [0, 0.1) is 10.1 Å². The average molecular weight is 266 g/mol. The van der Waals surface area contributed by atoms with Crippen LogP contribution in [0.3, 0.4) is 0 Å². The summed E-state index contributed by atoms with van der Waals surface area (Å²) < 4.78 is 5.13. The van der Waals surface area contributed by atoms with Gasteiger partial charge in [0.15, 0.2) is 0 Å². The van der Waals surface area contributed by atoms with Crippen molar-refractivity contribution in [2.24, 2.45) is 0 Å². The lowest BCUT2D eigenvalue weighted by Crippen LogP contribution is -2.18. The van der Waals surface area contributed by atoms with Crippen LogP contribution in [-0.2, 0) is 0 Å². The van der Waals surface area contributed by atoms with E-state index < -0.39 is 11.0 Å². The Morgan fingerprint density at radius 1 is 1.56 bits per heavy atom. The minimum atomic E-state index is -0.782. The minimum absolute atomic E-state index is 0.0112. The number of alkyl halides is 1. The smallest absolute Gasteiger partial charge is 0.288 e. The predicted molar refractivity (Wildman–Crippen MR) is 60.3 cm³/mol. The fourth-order valence-corrected chi connectivity index (χ4v) is 1.29. The van der Waals surface area contributed by atoms with Crippen molar-refractivity contribution in [1.29, 1.82) is 0 Å². The van der Waals surface area contributed by atoms with E-state index >= 15 is 0 Å². The molecule has 5 nitrogen and oxygen atoms in total. The third-order valence-electron chi connectivity index (χ3n) is 1.74. The molecule has 16 heavy (non-hydrogen) atoms. The highest BCUT2D eigenvalue weighted by Gasteiger charge is 2.13.